The van der Waals surface area contributed by atoms with Gasteiger partial charge in [0.1, 0.15) is 0 Å². The molecule has 0 heterocycles. The molecule has 0 nitrogen and oxygen atoms in total. The minimum atomic E-state index is -0.743. The van der Waals surface area contributed by atoms with Crippen molar-refractivity contribution in [2.24, 2.45) is 0 Å². The molecule has 0 fully saturated rings. The van der Waals surface area contributed by atoms with Gasteiger partial charge >= 0.3 is 0 Å². The number of halogens is 2. The summed E-state index contributed by atoms with van der Waals surface area (Å²) in [6, 6.07) is 5.94. The fourth-order valence-electron chi connectivity index (χ4n) is 1.07. The van der Waals surface area contributed by atoms with Gasteiger partial charge in [0.15, 0.2) is 0 Å². The van der Waals surface area contributed by atoms with Crippen LogP contribution in [0, 0.1) is 0 Å². The summed E-state index contributed by atoms with van der Waals surface area (Å²) in [6.07, 6.45) is 6.71. The first-order valence-corrected chi connectivity index (χ1v) is 7.58. The normalized spacial score (nSPS) is 13.1. The highest BCUT2D eigenvalue weighted by molar-refractivity contribution is 9.10. The van der Waals surface area contributed by atoms with Crippen molar-refractivity contribution in [1.82, 2.24) is 0 Å². The molecule has 12 heavy (non-hydrogen) atoms. The zero-order chi connectivity index (χ0) is 9.35. The molecule has 68 valence electrons. The zero-order valence-corrected chi connectivity index (χ0v) is 10.6. The fraction of sp³-hybridized carbons (Fsp3) is 0.333. The van der Waals surface area contributed by atoms with E-state index in [0.717, 1.165) is 9.50 Å². The Bertz CT molecular complexity index is 271. The van der Waals surface area contributed by atoms with Crippen LogP contribution in [0.25, 0.3) is 0 Å². The van der Waals surface area contributed by atoms with Crippen molar-refractivity contribution >= 4 is 37.6 Å². The van der Waals surface area contributed by atoms with E-state index in [9.17, 15) is 0 Å². The van der Waals surface area contributed by atoms with Crippen LogP contribution in [0.4, 0.5) is 0 Å². The van der Waals surface area contributed by atoms with E-state index >= 15 is 0 Å². The van der Waals surface area contributed by atoms with Gasteiger partial charge in [-0.25, -0.2) is 10.0 Å². The molecular weight excluding hydrogens is 256 g/mol. The van der Waals surface area contributed by atoms with Crippen molar-refractivity contribution in [3.05, 3.63) is 27.7 Å². The van der Waals surface area contributed by atoms with Crippen LogP contribution in [0.3, 0.4) is 0 Å². The number of hydrogen-bond acceptors (Lipinski definition) is 0. The first-order chi connectivity index (χ1) is 5.43. The fourth-order valence-corrected chi connectivity index (χ4v) is 5.18. The molecule has 0 aliphatic rings. The zero-order valence-electron chi connectivity index (χ0n) is 7.40. The van der Waals surface area contributed by atoms with Gasteiger partial charge in [0.25, 0.3) is 0 Å². The molecule has 0 amide bonds. The van der Waals surface area contributed by atoms with E-state index in [1.807, 2.05) is 18.2 Å². The monoisotopic (exact) mass is 266 g/mol. The third kappa shape index (κ3) is 2.18. The lowest BCUT2D eigenvalue weighted by molar-refractivity contribution is 1.38. The van der Waals surface area contributed by atoms with E-state index in [4.69, 9.17) is 11.6 Å². The Morgan fingerprint density at radius 3 is 2.17 bits per heavy atom. The Kier molecular flexibility index (Phi) is 3.13. The van der Waals surface area contributed by atoms with Crippen LogP contribution in [0.5, 0.6) is 0 Å². The summed E-state index contributed by atoms with van der Waals surface area (Å²) in [5.41, 5.74) is 0. The third-order valence-electron chi connectivity index (χ3n) is 1.53. The van der Waals surface area contributed by atoms with E-state index in [0.29, 0.717) is 0 Å². The highest BCUT2D eigenvalue weighted by Gasteiger charge is 2.15. The molecular formula is C9H12BrClS. The maximum atomic E-state index is 6.10. The number of rotatable bonds is 1. The summed E-state index contributed by atoms with van der Waals surface area (Å²) in [4.78, 5) is 1.26. The molecule has 0 spiro atoms. The van der Waals surface area contributed by atoms with Gasteiger partial charge in [-0.1, -0.05) is 17.7 Å². The molecule has 0 atom stereocenters. The van der Waals surface area contributed by atoms with E-state index in [1.165, 1.54) is 4.90 Å². The van der Waals surface area contributed by atoms with Crippen LogP contribution in [0.2, 0.25) is 5.02 Å². The van der Waals surface area contributed by atoms with Crippen molar-refractivity contribution in [3.8, 4) is 0 Å². The van der Waals surface area contributed by atoms with Crippen molar-refractivity contribution in [2.45, 2.75) is 4.90 Å². The van der Waals surface area contributed by atoms with Gasteiger partial charge in [-0.05, 0) is 46.8 Å². The Balaban J connectivity index is 3.31. The van der Waals surface area contributed by atoms with E-state index < -0.39 is 10.0 Å². The van der Waals surface area contributed by atoms with Gasteiger partial charge in [0, 0.05) is 9.37 Å². The summed E-state index contributed by atoms with van der Waals surface area (Å²) in [7, 11) is -0.743. The predicted octanol–water partition coefficient (Wildman–Crippen LogP) is 4.16. The van der Waals surface area contributed by atoms with Gasteiger partial charge in [-0.15, -0.1) is 0 Å². The summed E-state index contributed by atoms with van der Waals surface area (Å²) in [5.74, 6) is 0. The van der Waals surface area contributed by atoms with Gasteiger partial charge < -0.3 is 0 Å². The van der Waals surface area contributed by atoms with Crippen molar-refractivity contribution < 1.29 is 0 Å². The second-order valence-corrected chi connectivity index (χ2v) is 8.73. The summed E-state index contributed by atoms with van der Waals surface area (Å²) in [6.45, 7) is 0. The summed E-state index contributed by atoms with van der Waals surface area (Å²) < 4.78 is 1.12. The molecule has 0 saturated carbocycles. The molecule has 1 aromatic carbocycles. The average Bonchev–Trinajstić information content (AvgIpc) is 1.82. The largest absolute Gasteiger partial charge is 0.221 e. The minimum Gasteiger partial charge on any atom is -0.221 e. The Morgan fingerprint density at radius 1 is 1.25 bits per heavy atom. The maximum Gasteiger partial charge on any atom is 0.0538 e. The van der Waals surface area contributed by atoms with Crippen LogP contribution in [-0.2, 0) is 0 Å². The van der Waals surface area contributed by atoms with Crippen molar-refractivity contribution in [3.63, 3.8) is 0 Å². The molecule has 0 unspecified atom stereocenters. The van der Waals surface area contributed by atoms with Gasteiger partial charge in [-0.3, -0.25) is 0 Å². The smallest absolute Gasteiger partial charge is 0.0538 e. The highest BCUT2D eigenvalue weighted by Crippen LogP contribution is 2.51. The van der Waals surface area contributed by atoms with Crippen LogP contribution in [-0.4, -0.2) is 18.8 Å². The minimum absolute atomic E-state index is 0.743. The second-order valence-electron chi connectivity index (χ2n) is 3.39. The number of benzene rings is 1. The molecule has 0 saturated heterocycles. The summed E-state index contributed by atoms with van der Waals surface area (Å²) >= 11 is 9.62. The second kappa shape index (κ2) is 3.60. The molecule has 1 aromatic rings. The maximum absolute atomic E-state index is 6.10. The van der Waals surface area contributed by atoms with Crippen LogP contribution >= 0.6 is 37.6 Å². The van der Waals surface area contributed by atoms with Crippen LogP contribution in [0.1, 0.15) is 0 Å². The van der Waals surface area contributed by atoms with Gasteiger partial charge in [-0.2, -0.15) is 0 Å². The average molecular weight is 268 g/mol. The SMILES string of the molecule is CS(C)(C)c1c(Cl)cccc1Br. The molecule has 0 aromatic heterocycles. The lowest BCUT2D eigenvalue weighted by Crippen LogP contribution is -1.94. The third-order valence-corrected chi connectivity index (χ3v) is 4.55. The molecule has 1 rings (SSSR count). The van der Waals surface area contributed by atoms with Crippen molar-refractivity contribution in [2.75, 3.05) is 18.8 Å². The lowest BCUT2D eigenvalue weighted by Gasteiger charge is -2.28. The molecule has 0 bridgehead atoms. The quantitative estimate of drug-likeness (QED) is 0.717. The Labute approximate surface area is 88.8 Å². The van der Waals surface area contributed by atoms with Crippen LogP contribution in [0.15, 0.2) is 27.6 Å². The van der Waals surface area contributed by atoms with E-state index in [1.54, 1.807) is 0 Å². The van der Waals surface area contributed by atoms with Crippen molar-refractivity contribution in [1.29, 1.82) is 0 Å². The van der Waals surface area contributed by atoms with Gasteiger partial charge in [0.05, 0.1) is 5.02 Å². The number of hydrogen-bond donors (Lipinski definition) is 0. The molecule has 0 aliphatic heterocycles. The van der Waals surface area contributed by atoms with E-state index in [-0.39, 0.29) is 0 Å². The predicted molar refractivity (Wildman–Crippen MR) is 62.8 cm³/mol. The van der Waals surface area contributed by atoms with Gasteiger partial charge in [0.2, 0.25) is 0 Å². The standard InChI is InChI=1S/C9H12BrClS/c1-12(2,3)9-7(10)5-4-6-8(9)11/h4-6H,1-3H3. The van der Waals surface area contributed by atoms with Crippen LogP contribution < -0.4 is 0 Å². The summed E-state index contributed by atoms with van der Waals surface area (Å²) in [5, 5.41) is 0.867. The topological polar surface area (TPSA) is 0 Å². The molecule has 0 radical (unpaired) electrons. The first-order valence-electron chi connectivity index (χ1n) is 3.55. The highest BCUT2D eigenvalue weighted by atomic mass is 79.9. The molecule has 0 aliphatic carbocycles. The molecule has 3 heteroatoms. The van der Waals surface area contributed by atoms with E-state index in [2.05, 4.69) is 34.7 Å². The Morgan fingerprint density at radius 2 is 1.83 bits per heavy atom. The molecule has 0 N–H and O–H groups in total. The lowest BCUT2D eigenvalue weighted by atomic mass is 10.4. The first kappa shape index (κ1) is 10.4. The Hall–Kier alpha value is 0.340.